The summed E-state index contributed by atoms with van der Waals surface area (Å²) in [7, 11) is 1.86. The minimum atomic E-state index is 0.688. The lowest BCUT2D eigenvalue weighted by Gasteiger charge is -2.36. The molecule has 0 spiro atoms. The number of nitrogens with zero attached hydrogens (tertiary/aromatic N) is 3. The third-order valence-electron chi connectivity index (χ3n) is 5.16. The second kappa shape index (κ2) is 11.3. The average molecular weight is 407 g/mol. The van der Waals surface area contributed by atoms with Crippen LogP contribution in [0, 0.1) is 0 Å². The maximum Gasteiger partial charge on any atom is 0.193 e. The molecule has 2 aliphatic heterocycles. The predicted octanol–water partition coefficient (Wildman–Crippen LogP) is 2.65. The van der Waals surface area contributed by atoms with E-state index in [0.717, 1.165) is 82.1 Å². The van der Waals surface area contributed by atoms with Crippen molar-refractivity contribution in [1.82, 2.24) is 15.1 Å². The summed E-state index contributed by atoms with van der Waals surface area (Å²) in [6.07, 6.45) is 4.32. The number of benzene rings is 1. The van der Waals surface area contributed by atoms with Crippen molar-refractivity contribution in [2.24, 2.45) is 4.99 Å². The second-order valence-corrected chi connectivity index (χ2v) is 7.48. The van der Waals surface area contributed by atoms with Crippen molar-refractivity contribution in [3.05, 3.63) is 40.9 Å². The first-order valence-corrected chi connectivity index (χ1v) is 10.4. The van der Waals surface area contributed by atoms with Gasteiger partial charge in [-0.2, -0.15) is 0 Å². The Morgan fingerprint density at radius 3 is 2.68 bits per heavy atom. The van der Waals surface area contributed by atoms with E-state index in [2.05, 4.69) is 26.2 Å². The molecule has 0 aromatic heterocycles. The molecule has 0 radical (unpaired) electrons. The van der Waals surface area contributed by atoms with E-state index < -0.39 is 0 Å². The molecule has 1 aromatic rings. The van der Waals surface area contributed by atoms with Crippen molar-refractivity contribution in [2.75, 3.05) is 66.1 Å². The Hall–Kier alpha value is -1.76. The van der Waals surface area contributed by atoms with Crippen LogP contribution in [0.5, 0.6) is 5.75 Å². The summed E-state index contributed by atoms with van der Waals surface area (Å²) in [6, 6.07) is 7.53. The predicted molar refractivity (Wildman–Crippen MR) is 114 cm³/mol. The van der Waals surface area contributed by atoms with Crippen molar-refractivity contribution >= 4 is 17.6 Å². The molecular weight excluding hydrogens is 376 g/mol. The summed E-state index contributed by atoms with van der Waals surface area (Å²) >= 11 is 5.90. The fraction of sp³-hybridized carbons (Fsp3) is 0.571. The van der Waals surface area contributed by atoms with Gasteiger partial charge in [-0.15, -0.1) is 0 Å². The van der Waals surface area contributed by atoms with Crippen LogP contribution >= 0.6 is 11.6 Å². The van der Waals surface area contributed by atoms with E-state index in [0.29, 0.717) is 6.61 Å². The van der Waals surface area contributed by atoms with Crippen LogP contribution in [0.2, 0.25) is 5.02 Å². The molecule has 0 aliphatic carbocycles. The van der Waals surface area contributed by atoms with Gasteiger partial charge < -0.3 is 19.7 Å². The second-order valence-electron chi connectivity index (χ2n) is 7.04. The lowest BCUT2D eigenvalue weighted by molar-refractivity contribution is 0.151. The molecule has 28 heavy (non-hydrogen) atoms. The summed E-state index contributed by atoms with van der Waals surface area (Å²) in [5.74, 6) is 1.87. The number of guanidine groups is 1. The number of hydrogen-bond acceptors (Lipinski definition) is 4. The summed E-state index contributed by atoms with van der Waals surface area (Å²) in [6.45, 7) is 8.16. The molecular formula is C21H31ClN4O2. The average Bonchev–Trinajstić information content (AvgIpc) is 2.74. The molecule has 0 unspecified atom stereocenters. The van der Waals surface area contributed by atoms with Gasteiger partial charge in [0.1, 0.15) is 12.4 Å². The number of hydrogen-bond donors (Lipinski definition) is 1. The van der Waals surface area contributed by atoms with Crippen molar-refractivity contribution < 1.29 is 9.47 Å². The van der Waals surface area contributed by atoms with Gasteiger partial charge in [0.05, 0.1) is 13.2 Å². The lowest BCUT2D eigenvalue weighted by Crippen LogP contribution is -2.53. The van der Waals surface area contributed by atoms with Gasteiger partial charge in [0.15, 0.2) is 5.96 Å². The number of ether oxygens (including phenoxy) is 2. The largest absolute Gasteiger partial charge is 0.492 e. The first-order valence-electron chi connectivity index (χ1n) is 10.1. The van der Waals surface area contributed by atoms with E-state index in [1.54, 1.807) is 0 Å². The smallest absolute Gasteiger partial charge is 0.193 e. The molecule has 2 aliphatic rings. The highest BCUT2D eigenvalue weighted by Crippen LogP contribution is 2.15. The molecule has 1 N–H and O–H groups in total. The molecule has 1 fully saturated rings. The van der Waals surface area contributed by atoms with Crippen LogP contribution in [0.3, 0.4) is 0 Å². The topological polar surface area (TPSA) is 49.3 Å². The first kappa shape index (κ1) is 21.0. The van der Waals surface area contributed by atoms with E-state index in [4.69, 9.17) is 21.1 Å². The molecule has 154 valence electrons. The highest BCUT2D eigenvalue weighted by molar-refractivity contribution is 6.30. The Labute approximate surface area is 173 Å². The minimum absolute atomic E-state index is 0.688. The lowest BCUT2D eigenvalue weighted by atomic mass is 10.1. The summed E-state index contributed by atoms with van der Waals surface area (Å²) in [4.78, 5) is 9.24. The van der Waals surface area contributed by atoms with Gasteiger partial charge in [0.25, 0.3) is 0 Å². The molecule has 7 heteroatoms. The monoisotopic (exact) mass is 406 g/mol. The number of halogens is 1. The first-order chi connectivity index (χ1) is 13.7. The van der Waals surface area contributed by atoms with E-state index in [-0.39, 0.29) is 0 Å². The number of rotatable bonds is 7. The van der Waals surface area contributed by atoms with Crippen LogP contribution in [0.4, 0.5) is 0 Å². The molecule has 0 atom stereocenters. The zero-order valence-electron chi connectivity index (χ0n) is 16.7. The fourth-order valence-corrected chi connectivity index (χ4v) is 3.59. The molecule has 6 nitrogen and oxygen atoms in total. The molecule has 3 rings (SSSR count). The van der Waals surface area contributed by atoms with Gasteiger partial charge in [-0.1, -0.05) is 23.3 Å². The molecule has 0 saturated carbocycles. The van der Waals surface area contributed by atoms with Crippen LogP contribution in [-0.2, 0) is 4.74 Å². The summed E-state index contributed by atoms with van der Waals surface area (Å²) in [5, 5.41) is 4.24. The van der Waals surface area contributed by atoms with E-state index >= 15 is 0 Å². The Kier molecular flexibility index (Phi) is 8.45. The highest BCUT2D eigenvalue weighted by atomic mass is 35.5. The van der Waals surface area contributed by atoms with Gasteiger partial charge in [0.2, 0.25) is 0 Å². The van der Waals surface area contributed by atoms with Gasteiger partial charge in [-0.25, -0.2) is 0 Å². The maximum absolute atomic E-state index is 5.90. The normalized spacial score (nSPS) is 18.7. The molecule has 1 aromatic carbocycles. The molecule has 2 heterocycles. The zero-order valence-corrected chi connectivity index (χ0v) is 17.5. The third kappa shape index (κ3) is 6.69. The number of piperazine rings is 1. The van der Waals surface area contributed by atoms with Crippen LogP contribution in [0.25, 0.3) is 0 Å². The molecule has 0 bridgehead atoms. The third-order valence-corrected chi connectivity index (χ3v) is 5.41. The standard InChI is InChI=1S/C21H31ClN4O2/c1-23-21(24-9-6-18-7-15-27-16-8-18)26-12-10-25(11-13-26)14-17-28-20-4-2-19(22)3-5-20/h2-5,7H,6,8-17H2,1H3,(H,23,24). The van der Waals surface area contributed by atoms with Crippen LogP contribution < -0.4 is 10.1 Å². The summed E-state index contributed by atoms with van der Waals surface area (Å²) < 4.78 is 11.2. The SMILES string of the molecule is CN=C(NCCC1=CCOCC1)N1CCN(CCOc2ccc(Cl)cc2)CC1. The van der Waals surface area contributed by atoms with E-state index in [9.17, 15) is 0 Å². The molecule has 1 saturated heterocycles. The van der Waals surface area contributed by atoms with E-state index in [1.165, 1.54) is 5.57 Å². The number of nitrogens with one attached hydrogen (secondary N) is 1. The fourth-order valence-electron chi connectivity index (χ4n) is 3.47. The minimum Gasteiger partial charge on any atom is -0.492 e. The number of aliphatic imine (C=N–C) groups is 1. The van der Waals surface area contributed by atoms with Crippen molar-refractivity contribution in [1.29, 1.82) is 0 Å². The van der Waals surface area contributed by atoms with E-state index in [1.807, 2.05) is 31.3 Å². The Balaban J connectivity index is 1.32. The van der Waals surface area contributed by atoms with Gasteiger partial charge in [-0.05, 0) is 37.1 Å². The Morgan fingerprint density at radius 2 is 2.00 bits per heavy atom. The quantitative estimate of drug-likeness (QED) is 0.428. The van der Waals surface area contributed by atoms with Gasteiger partial charge in [-0.3, -0.25) is 9.89 Å². The Bertz CT molecular complexity index is 655. The van der Waals surface area contributed by atoms with Gasteiger partial charge in [0, 0.05) is 51.3 Å². The highest BCUT2D eigenvalue weighted by Gasteiger charge is 2.19. The van der Waals surface area contributed by atoms with Crippen molar-refractivity contribution in [3.63, 3.8) is 0 Å². The Morgan fingerprint density at radius 1 is 1.21 bits per heavy atom. The zero-order chi connectivity index (χ0) is 19.6. The van der Waals surface area contributed by atoms with Crippen LogP contribution in [0.1, 0.15) is 12.8 Å². The van der Waals surface area contributed by atoms with Crippen molar-refractivity contribution in [3.8, 4) is 5.75 Å². The van der Waals surface area contributed by atoms with Gasteiger partial charge >= 0.3 is 0 Å². The van der Waals surface area contributed by atoms with Crippen molar-refractivity contribution in [2.45, 2.75) is 12.8 Å². The maximum atomic E-state index is 5.90. The van der Waals surface area contributed by atoms with Crippen LogP contribution in [0.15, 0.2) is 40.9 Å². The summed E-state index contributed by atoms with van der Waals surface area (Å²) in [5.41, 5.74) is 1.49. The van der Waals surface area contributed by atoms with Crippen LogP contribution in [-0.4, -0.2) is 81.9 Å². The molecule has 0 amide bonds.